The summed E-state index contributed by atoms with van der Waals surface area (Å²) in [6.07, 6.45) is 1.56. The van der Waals surface area contributed by atoms with Gasteiger partial charge in [-0.1, -0.05) is 35.3 Å². The number of benzene rings is 1. The van der Waals surface area contributed by atoms with Crippen molar-refractivity contribution in [3.63, 3.8) is 0 Å². The molecule has 2 aromatic rings. The molecule has 0 radical (unpaired) electrons. The van der Waals surface area contributed by atoms with Crippen LogP contribution in [0, 0.1) is 11.3 Å². The Morgan fingerprint density at radius 3 is 2.64 bits per heavy atom. The van der Waals surface area contributed by atoms with Crippen molar-refractivity contribution in [1.82, 2.24) is 15.0 Å². The Morgan fingerprint density at radius 2 is 2.00 bits per heavy atom. The van der Waals surface area contributed by atoms with Crippen LogP contribution in [0.4, 0.5) is 11.9 Å². The minimum absolute atomic E-state index is 0.0343. The van der Waals surface area contributed by atoms with Gasteiger partial charge in [0.25, 0.3) is 0 Å². The van der Waals surface area contributed by atoms with E-state index in [0.717, 1.165) is 0 Å². The van der Waals surface area contributed by atoms with Crippen LogP contribution < -0.4 is 10.6 Å². The molecule has 1 aromatic heterocycles. The van der Waals surface area contributed by atoms with Crippen molar-refractivity contribution < 1.29 is 0 Å². The van der Waals surface area contributed by atoms with Gasteiger partial charge in [0.15, 0.2) is 5.82 Å². The summed E-state index contributed by atoms with van der Waals surface area (Å²) >= 11 is 12.1. The number of nitriles is 1. The van der Waals surface area contributed by atoms with Crippen LogP contribution in [0.3, 0.4) is 0 Å². The Balaban J connectivity index is 2.55. The van der Waals surface area contributed by atoms with Crippen molar-refractivity contribution in [3.05, 3.63) is 39.6 Å². The van der Waals surface area contributed by atoms with Crippen molar-refractivity contribution in [1.29, 1.82) is 5.26 Å². The van der Waals surface area contributed by atoms with Gasteiger partial charge >= 0.3 is 0 Å². The van der Waals surface area contributed by atoms with E-state index in [1.807, 2.05) is 6.07 Å². The number of rotatable bonds is 3. The number of hydrogen-bond acceptors (Lipinski definition) is 6. The summed E-state index contributed by atoms with van der Waals surface area (Å²) < 4.78 is 0. The maximum atomic E-state index is 9.37. The molecule has 0 fully saturated rings. The van der Waals surface area contributed by atoms with Crippen LogP contribution in [-0.4, -0.2) is 29.0 Å². The second-order valence-corrected chi connectivity index (χ2v) is 5.31. The first-order valence-electron chi connectivity index (χ1n) is 6.17. The van der Waals surface area contributed by atoms with Crippen molar-refractivity contribution in [3.8, 4) is 6.07 Å². The van der Waals surface area contributed by atoms with Crippen LogP contribution in [0.2, 0.25) is 10.0 Å². The minimum atomic E-state index is 0.0343. The molecule has 22 heavy (non-hydrogen) atoms. The van der Waals surface area contributed by atoms with E-state index in [1.54, 1.807) is 43.3 Å². The Labute approximate surface area is 137 Å². The zero-order valence-corrected chi connectivity index (χ0v) is 13.4. The highest BCUT2D eigenvalue weighted by Crippen LogP contribution is 2.28. The Morgan fingerprint density at radius 1 is 1.27 bits per heavy atom. The largest absolute Gasteiger partial charge is 0.368 e. The highest BCUT2D eigenvalue weighted by molar-refractivity contribution is 6.43. The lowest BCUT2D eigenvalue weighted by Crippen LogP contribution is -2.15. The van der Waals surface area contributed by atoms with Crippen LogP contribution >= 0.6 is 23.2 Å². The summed E-state index contributed by atoms with van der Waals surface area (Å²) in [5.41, 5.74) is 6.47. The van der Waals surface area contributed by atoms with Gasteiger partial charge in [-0.3, -0.25) is 0 Å². The zero-order chi connectivity index (χ0) is 16.3. The van der Waals surface area contributed by atoms with E-state index < -0.39 is 0 Å². The minimum Gasteiger partial charge on any atom is -0.368 e. The van der Waals surface area contributed by atoms with Gasteiger partial charge in [-0.15, -0.1) is 0 Å². The first-order valence-corrected chi connectivity index (χ1v) is 6.93. The van der Waals surface area contributed by atoms with Gasteiger partial charge in [-0.25, -0.2) is 0 Å². The molecule has 0 saturated heterocycles. The van der Waals surface area contributed by atoms with Gasteiger partial charge in [-0.2, -0.15) is 20.2 Å². The SMILES string of the molecule is CN(C)c1nc(N)nc(/C(C#N)=C\c2cccc(Cl)c2Cl)n1. The van der Waals surface area contributed by atoms with Crippen molar-refractivity contribution >= 4 is 46.7 Å². The molecule has 0 unspecified atom stereocenters. The summed E-state index contributed by atoms with van der Waals surface area (Å²) in [4.78, 5) is 13.9. The molecule has 0 spiro atoms. The van der Waals surface area contributed by atoms with Gasteiger partial charge in [0, 0.05) is 14.1 Å². The molecule has 1 aromatic carbocycles. The number of nitrogens with zero attached hydrogens (tertiary/aromatic N) is 5. The quantitative estimate of drug-likeness (QED) is 0.867. The van der Waals surface area contributed by atoms with Crippen molar-refractivity contribution in [2.45, 2.75) is 0 Å². The van der Waals surface area contributed by atoms with E-state index >= 15 is 0 Å². The van der Waals surface area contributed by atoms with Gasteiger partial charge in [0.1, 0.15) is 6.07 Å². The number of anilines is 2. The first-order chi connectivity index (χ1) is 10.4. The van der Waals surface area contributed by atoms with Gasteiger partial charge in [0.2, 0.25) is 11.9 Å². The molecule has 0 aliphatic heterocycles. The third-order valence-corrected chi connectivity index (χ3v) is 3.52. The normalized spacial score (nSPS) is 11.1. The number of hydrogen-bond donors (Lipinski definition) is 1. The van der Waals surface area contributed by atoms with Crippen LogP contribution in [0.5, 0.6) is 0 Å². The highest BCUT2D eigenvalue weighted by Gasteiger charge is 2.12. The Kier molecular flexibility index (Phi) is 4.81. The van der Waals surface area contributed by atoms with Crippen LogP contribution in [0.15, 0.2) is 18.2 Å². The second-order valence-electron chi connectivity index (χ2n) is 4.52. The Bertz CT molecular complexity index is 779. The second kappa shape index (κ2) is 6.60. The molecule has 2 N–H and O–H groups in total. The molecule has 0 aliphatic carbocycles. The molecule has 0 atom stereocenters. The van der Waals surface area contributed by atoms with Crippen LogP contribution in [-0.2, 0) is 0 Å². The fourth-order valence-electron chi connectivity index (χ4n) is 1.64. The number of aromatic nitrogens is 3. The monoisotopic (exact) mass is 334 g/mol. The van der Waals surface area contributed by atoms with Gasteiger partial charge in [0.05, 0.1) is 15.6 Å². The number of nitrogens with two attached hydrogens (primary N) is 1. The maximum Gasteiger partial charge on any atom is 0.230 e. The lowest BCUT2D eigenvalue weighted by atomic mass is 10.1. The van der Waals surface area contributed by atoms with E-state index in [0.29, 0.717) is 21.6 Å². The third kappa shape index (κ3) is 3.45. The first kappa shape index (κ1) is 16.0. The number of halogens is 2. The summed E-state index contributed by atoms with van der Waals surface area (Å²) in [5.74, 6) is 0.572. The third-order valence-electron chi connectivity index (χ3n) is 2.68. The molecule has 6 nitrogen and oxygen atoms in total. The summed E-state index contributed by atoms with van der Waals surface area (Å²) in [7, 11) is 3.53. The van der Waals surface area contributed by atoms with Crippen molar-refractivity contribution in [2.24, 2.45) is 0 Å². The van der Waals surface area contributed by atoms with Crippen LogP contribution in [0.1, 0.15) is 11.4 Å². The van der Waals surface area contributed by atoms with E-state index in [-0.39, 0.29) is 17.3 Å². The summed E-state index contributed by atoms with van der Waals surface area (Å²) in [6.45, 7) is 0. The lowest BCUT2D eigenvalue weighted by Gasteiger charge is -2.11. The maximum absolute atomic E-state index is 9.37. The van der Waals surface area contributed by atoms with E-state index in [2.05, 4.69) is 15.0 Å². The molecular formula is C14H12Cl2N6. The van der Waals surface area contributed by atoms with Gasteiger partial charge in [-0.05, 0) is 17.7 Å². The molecule has 0 bridgehead atoms. The van der Waals surface area contributed by atoms with Crippen LogP contribution in [0.25, 0.3) is 11.6 Å². The number of nitrogen functional groups attached to an aromatic ring is 1. The van der Waals surface area contributed by atoms with E-state index in [4.69, 9.17) is 28.9 Å². The average molecular weight is 335 g/mol. The molecule has 2 rings (SSSR count). The molecule has 1 heterocycles. The average Bonchev–Trinajstić information content (AvgIpc) is 2.48. The molecule has 8 heteroatoms. The molecule has 0 amide bonds. The fraction of sp³-hybridized carbons (Fsp3) is 0.143. The molecule has 112 valence electrons. The summed E-state index contributed by atoms with van der Waals surface area (Å²) in [6, 6.07) is 7.18. The van der Waals surface area contributed by atoms with Gasteiger partial charge < -0.3 is 10.6 Å². The highest BCUT2D eigenvalue weighted by atomic mass is 35.5. The standard InChI is InChI=1S/C14H12Cl2N6/c1-22(2)14-20-12(19-13(18)21-14)9(7-17)6-8-4-3-5-10(15)11(8)16/h3-6H,1-2H3,(H2,18,19,20,21)/b9-6-. The summed E-state index contributed by atoms with van der Waals surface area (Å²) in [5, 5.41) is 10.1. The lowest BCUT2D eigenvalue weighted by molar-refractivity contribution is 0.952. The Hall–Kier alpha value is -2.36. The van der Waals surface area contributed by atoms with E-state index in [9.17, 15) is 5.26 Å². The predicted octanol–water partition coefficient (Wildman–Crippen LogP) is 2.89. The topological polar surface area (TPSA) is 91.7 Å². The molecule has 0 saturated carbocycles. The molecular weight excluding hydrogens is 323 g/mol. The zero-order valence-electron chi connectivity index (χ0n) is 11.9. The number of allylic oxidation sites excluding steroid dienone is 1. The fourth-order valence-corrected chi connectivity index (χ4v) is 2.00. The smallest absolute Gasteiger partial charge is 0.230 e. The van der Waals surface area contributed by atoms with Crippen molar-refractivity contribution in [2.75, 3.05) is 24.7 Å². The van der Waals surface area contributed by atoms with E-state index in [1.165, 1.54) is 0 Å². The predicted molar refractivity (Wildman–Crippen MR) is 88.5 cm³/mol. The molecule has 0 aliphatic rings.